The molecule has 24 heavy (non-hydrogen) atoms. The predicted molar refractivity (Wildman–Crippen MR) is 98.6 cm³/mol. The highest BCUT2D eigenvalue weighted by atomic mass is 16.5. The van der Waals surface area contributed by atoms with Crippen LogP contribution in [0.2, 0.25) is 0 Å². The number of ether oxygens (including phenoxy) is 1. The van der Waals surface area contributed by atoms with Crippen molar-refractivity contribution in [2.24, 2.45) is 5.73 Å². The highest BCUT2D eigenvalue weighted by Gasteiger charge is 2.19. The lowest BCUT2D eigenvalue weighted by atomic mass is 10.0. The van der Waals surface area contributed by atoms with Crippen molar-refractivity contribution in [2.75, 3.05) is 13.2 Å². The number of rotatable bonds is 6. The van der Waals surface area contributed by atoms with Crippen LogP contribution >= 0.6 is 0 Å². The Hall–Kier alpha value is -2.33. The Balaban J connectivity index is 2.09. The zero-order valence-electron chi connectivity index (χ0n) is 14.6. The lowest BCUT2D eigenvalue weighted by molar-refractivity contribution is 0.317. The molecule has 0 aliphatic rings. The van der Waals surface area contributed by atoms with Crippen molar-refractivity contribution in [3.05, 3.63) is 53.9 Å². The fourth-order valence-corrected chi connectivity index (χ4v) is 2.95. The highest BCUT2D eigenvalue weighted by Crippen LogP contribution is 2.31. The van der Waals surface area contributed by atoms with Gasteiger partial charge >= 0.3 is 0 Å². The van der Waals surface area contributed by atoms with Gasteiger partial charge in [0.1, 0.15) is 11.4 Å². The van der Waals surface area contributed by atoms with E-state index in [0.717, 1.165) is 41.2 Å². The van der Waals surface area contributed by atoms with Gasteiger partial charge in [-0.2, -0.15) is 0 Å². The van der Waals surface area contributed by atoms with Crippen LogP contribution in [0, 0.1) is 6.92 Å². The SMILES string of the molecule is CCCOc1ccc(-c2nc3c(C)cccn3c2C(C)CN)cc1. The molecule has 0 fully saturated rings. The van der Waals surface area contributed by atoms with Crippen molar-refractivity contribution in [2.45, 2.75) is 33.1 Å². The highest BCUT2D eigenvalue weighted by molar-refractivity contribution is 5.69. The minimum Gasteiger partial charge on any atom is -0.494 e. The number of nitrogens with two attached hydrogens (primary N) is 1. The zero-order valence-corrected chi connectivity index (χ0v) is 14.6. The molecule has 1 unspecified atom stereocenters. The second kappa shape index (κ2) is 7.05. The minimum absolute atomic E-state index is 0.229. The van der Waals surface area contributed by atoms with Gasteiger partial charge in [0.05, 0.1) is 18.0 Å². The molecule has 2 N–H and O–H groups in total. The Bertz CT molecular complexity index is 821. The molecule has 0 aliphatic carbocycles. The van der Waals surface area contributed by atoms with Crippen LogP contribution in [-0.4, -0.2) is 22.5 Å². The molecule has 1 atom stereocenters. The second-order valence-electron chi connectivity index (χ2n) is 6.24. The van der Waals surface area contributed by atoms with E-state index in [0.29, 0.717) is 6.54 Å². The van der Waals surface area contributed by atoms with Crippen LogP contribution in [0.3, 0.4) is 0 Å². The fourth-order valence-electron chi connectivity index (χ4n) is 2.95. The molecule has 0 aliphatic heterocycles. The number of hydrogen-bond acceptors (Lipinski definition) is 3. The molecule has 0 amide bonds. The number of benzene rings is 1. The summed E-state index contributed by atoms with van der Waals surface area (Å²) in [5.74, 6) is 1.13. The standard InChI is InChI=1S/C20H25N3O/c1-4-12-24-17-9-7-16(8-10-17)18-19(15(3)13-21)23-11-5-6-14(2)20(23)22-18/h5-11,15H,4,12-13,21H2,1-3H3. The van der Waals surface area contributed by atoms with E-state index in [-0.39, 0.29) is 5.92 Å². The maximum atomic E-state index is 5.96. The van der Waals surface area contributed by atoms with Crippen molar-refractivity contribution >= 4 is 5.65 Å². The van der Waals surface area contributed by atoms with Crippen LogP contribution in [-0.2, 0) is 0 Å². The van der Waals surface area contributed by atoms with Gasteiger partial charge in [0.15, 0.2) is 0 Å². The smallest absolute Gasteiger partial charge is 0.140 e. The molecule has 4 heteroatoms. The third kappa shape index (κ3) is 3.02. The predicted octanol–water partition coefficient (Wildman–Crippen LogP) is 4.16. The largest absolute Gasteiger partial charge is 0.494 e. The van der Waals surface area contributed by atoms with Gasteiger partial charge < -0.3 is 14.9 Å². The number of fused-ring (bicyclic) bond motifs is 1. The van der Waals surface area contributed by atoms with Crippen LogP contribution in [0.4, 0.5) is 0 Å². The van der Waals surface area contributed by atoms with Crippen LogP contribution < -0.4 is 10.5 Å². The zero-order chi connectivity index (χ0) is 17.1. The minimum atomic E-state index is 0.229. The summed E-state index contributed by atoms with van der Waals surface area (Å²) in [5.41, 5.74) is 11.4. The van der Waals surface area contributed by atoms with E-state index >= 15 is 0 Å². The summed E-state index contributed by atoms with van der Waals surface area (Å²) in [6.07, 6.45) is 3.07. The Morgan fingerprint density at radius 3 is 2.62 bits per heavy atom. The van der Waals surface area contributed by atoms with E-state index in [1.54, 1.807) is 0 Å². The first-order valence-electron chi connectivity index (χ1n) is 8.56. The molecule has 3 aromatic rings. The van der Waals surface area contributed by atoms with Gasteiger partial charge in [0.2, 0.25) is 0 Å². The number of aryl methyl sites for hydroxylation is 1. The lowest BCUT2D eigenvalue weighted by Gasteiger charge is -2.12. The molecule has 3 rings (SSSR count). The monoisotopic (exact) mass is 323 g/mol. The van der Waals surface area contributed by atoms with E-state index in [1.165, 1.54) is 5.69 Å². The number of nitrogens with zero attached hydrogens (tertiary/aromatic N) is 2. The molecule has 1 aromatic carbocycles. The van der Waals surface area contributed by atoms with Gasteiger partial charge in [-0.25, -0.2) is 4.98 Å². The van der Waals surface area contributed by atoms with Gasteiger partial charge in [0.25, 0.3) is 0 Å². The third-order valence-corrected chi connectivity index (χ3v) is 4.30. The topological polar surface area (TPSA) is 52.5 Å². The van der Waals surface area contributed by atoms with Crippen LogP contribution in [0.5, 0.6) is 5.75 Å². The van der Waals surface area contributed by atoms with Crippen molar-refractivity contribution in [1.29, 1.82) is 0 Å². The van der Waals surface area contributed by atoms with Gasteiger partial charge in [-0.15, -0.1) is 0 Å². The maximum absolute atomic E-state index is 5.96. The Kier molecular flexibility index (Phi) is 4.86. The Labute approximate surface area is 143 Å². The van der Waals surface area contributed by atoms with E-state index in [2.05, 4.69) is 55.6 Å². The van der Waals surface area contributed by atoms with Gasteiger partial charge in [-0.3, -0.25) is 0 Å². The number of aromatic nitrogens is 2. The van der Waals surface area contributed by atoms with E-state index in [4.69, 9.17) is 15.5 Å². The molecule has 0 saturated carbocycles. The first kappa shape index (κ1) is 16.5. The molecule has 0 saturated heterocycles. The van der Waals surface area contributed by atoms with E-state index in [9.17, 15) is 0 Å². The molecular weight excluding hydrogens is 298 g/mol. The molecule has 0 bridgehead atoms. The number of pyridine rings is 1. The summed E-state index contributed by atoms with van der Waals surface area (Å²) in [6, 6.07) is 12.3. The lowest BCUT2D eigenvalue weighted by Crippen LogP contribution is -2.12. The second-order valence-corrected chi connectivity index (χ2v) is 6.24. The summed E-state index contributed by atoms with van der Waals surface area (Å²) < 4.78 is 7.85. The average Bonchev–Trinajstić information content (AvgIpc) is 3.00. The van der Waals surface area contributed by atoms with E-state index < -0.39 is 0 Å². The Morgan fingerprint density at radius 1 is 1.21 bits per heavy atom. The Morgan fingerprint density at radius 2 is 1.96 bits per heavy atom. The van der Waals surface area contributed by atoms with Gasteiger partial charge in [0, 0.05) is 24.2 Å². The quantitative estimate of drug-likeness (QED) is 0.741. The summed E-state index contributed by atoms with van der Waals surface area (Å²) in [6.45, 7) is 7.67. The summed E-state index contributed by atoms with van der Waals surface area (Å²) in [4.78, 5) is 4.91. The van der Waals surface area contributed by atoms with Crippen molar-refractivity contribution in [3.63, 3.8) is 0 Å². The average molecular weight is 323 g/mol. The molecule has 2 heterocycles. The number of hydrogen-bond donors (Lipinski definition) is 1. The van der Waals surface area contributed by atoms with Crippen LogP contribution in [0.1, 0.15) is 37.4 Å². The van der Waals surface area contributed by atoms with E-state index in [1.807, 2.05) is 12.1 Å². The molecule has 126 valence electrons. The van der Waals surface area contributed by atoms with Gasteiger partial charge in [-0.05, 0) is 49.2 Å². The first-order valence-corrected chi connectivity index (χ1v) is 8.56. The summed E-state index contributed by atoms with van der Waals surface area (Å²) >= 11 is 0. The molecular formula is C20H25N3O. The van der Waals surface area contributed by atoms with Crippen LogP contribution in [0.25, 0.3) is 16.9 Å². The summed E-state index contributed by atoms with van der Waals surface area (Å²) in [5, 5.41) is 0. The molecule has 2 aromatic heterocycles. The van der Waals surface area contributed by atoms with Crippen LogP contribution in [0.15, 0.2) is 42.6 Å². The fraction of sp³-hybridized carbons (Fsp3) is 0.350. The number of imidazole rings is 1. The first-order chi connectivity index (χ1) is 11.7. The maximum Gasteiger partial charge on any atom is 0.140 e. The van der Waals surface area contributed by atoms with Crippen molar-refractivity contribution < 1.29 is 4.74 Å². The molecule has 0 radical (unpaired) electrons. The molecule has 0 spiro atoms. The van der Waals surface area contributed by atoms with Crippen molar-refractivity contribution in [1.82, 2.24) is 9.38 Å². The van der Waals surface area contributed by atoms with Gasteiger partial charge in [-0.1, -0.05) is 19.9 Å². The third-order valence-electron chi connectivity index (χ3n) is 4.30. The van der Waals surface area contributed by atoms with Crippen molar-refractivity contribution in [3.8, 4) is 17.0 Å². The molecule has 4 nitrogen and oxygen atoms in total. The normalized spacial score (nSPS) is 12.5. The summed E-state index contributed by atoms with van der Waals surface area (Å²) in [7, 11) is 0.